The summed E-state index contributed by atoms with van der Waals surface area (Å²) < 4.78 is 0. The normalized spacial score (nSPS) is 13.5. The first-order valence-corrected chi connectivity index (χ1v) is 9.96. The standard InChI is InChI=1S/C18H16N4S2/c1-23-18-21-16(20-13-8-4-2-6-11(13)10-19)15-12-7-3-5-9-14(12)24-17(15)22-18/h2,4,6,8H,3,5,7,9H2,1H3,(H,20,21,22). The maximum atomic E-state index is 9.34. The highest BCUT2D eigenvalue weighted by Gasteiger charge is 2.21. The van der Waals surface area contributed by atoms with E-state index in [2.05, 4.69) is 11.4 Å². The van der Waals surface area contributed by atoms with Crippen LogP contribution in [-0.4, -0.2) is 16.2 Å². The summed E-state index contributed by atoms with van der Waals surface area (Å²) in [6.07, 6.45) is 6.69. The van der Waals surface area contributed by atoms with Crippen LogP contribution in [0.3, 0.4) is 0 Å². The summed E-state index contributed by atoms with van der Waals surface area (Å²) in [7, 11) is 0. The summed E-state index contributed by atoms with van der Waals surface area (Å²) in [4.78, 5) is 11.9. The first-order chi connectivity index (χ1) is 11.8. The number of para-hydroxylation sites is 1. The third-order valence-corrected chi connectivity index (χ3v) is 6.01. The van der Waals surface area contributed by atoms with Crippen LogP contribution in [0.4, 0.5) is 11.5 Å². The minimum Gasteiger partial charge on any atom is -0.338 e. The number of nitrogens with zero attached hydrogens (tertiary/aromatic N) is 3. The minimum absolute atomic E-state index is 0.624. The molecular weight excluding hydrogens is 336 g/mol. The highest BCUT2D eigenvalue weighted by Crippen LogP contribution is 2.40. The number of nitriles is 1. The van der Waals surface area contributed by atoms with Crippen LogP contribution in [0.1, 0.15) is 28.8 Å². The lowest BCUT2D eigenvalue weighted by Crippen LogP contribution is -2.02. The molecule has 0 saturated heterocycles. The van der Waals surface area contributed by atoms with Crippen LogP contribution in [-0.2, 0) is 12.8 Å². The molecule has 4 nitrogen and oxygen atoms in total. The van der Waals surface area contributed by atoms with Crippen molar-refractivity contribution in [3.8, 4) is 6.07 Å². The molecule has 1 aliphatic rings. The van der Waals surface area contributed by atoms with Crippen LogP contribution in [0.15, 0.2) is 29.4 Å². The zero-order chi connectivity index (χ0) is 16.5. The van der Waals surface area contributed by atoms with Gasteiger partial charge in [0.25, 0.3) is 0 Å². The molecule has 120 valence electrons. The largest absolute Gasteiger partial charge is 0.338 e. The van der Waals surface area contributed by atoms with Crippen molar-refractivity contribution in [1.82, 2.24) is 9.97 Å². The summed E-state index contributed by atoms with van der Waals surface area (Å²) in [5.41, 5.74) is 2.81. The number of fused-ring (bicyclic) bond motifs is 3. The maximum absolute atomic E-state index is 9.34. The Hall–Kier alpha value is -2.10. The Balaban J connectivity index is 1.90. The molecule has 0 bridgehead atoms. The van der Waals surface area contributed by atoms with E-state index in [1.54, 1.807) is 23.1 Å². The third-order valence-electron chi connectivity index (χ3n) is 4.28. The molecule has 0 atom stereocenters. The van der Waals surface area contributed by atoms with Crippen LogP contribution in [0, 0.1) is 11.3 Å². The molecule has 24 heavy (non-hydrogen) atoms. The highest BCUT2D eigenvalue weighted by molar-refractivity contribution is 7.98. The molecule has 2 heterocycles. The Morgan fingerprint density at radius 3 is 2.88 bits per heavy atom. The molecule has 0 saturated carbocycles. The molecule has 2 aromatic heterocycles. The zero-order valence-electron chi connectivity index (χ0n) is 13.3. The average molecular weight is 352 g/mol. The van der Waals surface area contributed by atoms with Gasteiger partial charge in [-0.2, -0.15) is 5.26 Å². The first kappa shape index (κ1) is 15.4. The SMILES string of the molecule is CSc1nc(Nc2ccccc2C#N)c2c3c(sc2n1)CCCC3. The molecule has 0 aliphatic heterocycles. The summed E-state index contributed by atoms with van der Waals surface area (Å²) in [6.45, 7) is 0. The predicted octanol–water partition coefficient (Wildman–Crippen LogP) is 4.91. The molecule has 4 rings (SSSR count). The monoisotopic (exact) mass is 352 g/mol. The van der Waals surface area contributed by atoms with Gasteiger partial charge in [0, 0.05) is 4.88 Å². The average Bonchev–Trinajstić information content (AvgIpc) is 3.00. The van der Waals surface area contributed by atoms with Crippen LogP contribution in [0.25, 0.3) is 10.2 Å². The zero-order valence-corrected chi connectivity index (χ0v) is 14.9. The molecule has 6 heteroatoms. The molecule has 1 aliphatic carbocycles. The van der Waals surface area contributed by atoms with Crippen LogP contribution >= 0.6 is 23.1 Å². The maximum Gasteiger partial charge on any atom is 0.190 e. The van der Waals surface area contributed by atoms with E-state index in [9.17, 15) is 5.26 Å². The Morgan fingerprint density at radius 2 is 2.04 bits per heavy atom. The fourth-order valence-corrected chi connectivity index (χ4v) is 4.82. The number of aryl methyl sites for hydroxylation is 2. The lowest BCUT2D eigenvalue weighted by molar-refractivity contribution is 0.700. The van der Waals surface area contributed by atoms with E-state index in [1.807, 2.05) is 30.5 Å². The summed E-state index contributed by atoms with van der Waals surface area (Å²) in [5, 5.41) is 14.6. The van der Waals surface area contributed by atoms with E-state index in [-0.39, 0.29) is 0 Å². The molecule has 3 aromatic rings. The fourth-order valence-electron chi connectivity index (χ4n) is 3.14. The minimum atomic E-state index is 0.624. The van der Waals surface area contributed by atoms with Crippen molar-refractivity contribution < 1.29 is 0 Å². The number of benzene rings is 1. The van der Waals surface area contributed by atoms with E-state index in [0.717, 1.165) is 39.7 Å². The van der Waals surface area contributed by atoms with Gasteiger partial charge in [0.2, 0.25) is 0 Å². The number of hydrogen-bond donors (Lipinski definition) is 1. The second-order valence-corrected chi connectivity index (χ2v) is 7.59. The van der Waals surface area contributed by atoms with Gasteiger partial charge in [-0.25, -0.2) is 9.97 Å². The lowest BCUT2D eigenvalue weighted by Gasteiger charge is -2.13. The molecule has 1 N–H and O–H groups in total. The second kappa shape index (κ2) is 6.42. The summed E-state index contributed by atoms with van der Waals surface area (Å²) >= 11 is 3.34. The summed E-state index contributed by atoms with van der Waals surface area (Å²) in [6, 6.07) is 9.78. The number of hydrogen-bond acceptors (Lipinski definition) is 6. The number of nitrogens with one attached hydrogen (secondary N) is 1. The van der Waals surface area contributed by atoms with E-state index in [1.165, 1.54) is 23.3 Å². The van der Waals surface area contributed by atoms with Gasteiger partial charge >= 0.3 is 0 Å². The molecular formula is C18H16N4S2. The fraction of sp³-hybridized carbons (Fsp3) is 0.278. The van der Waals surface area contributed by atoms with Gasteiger partial charge in [-0.1, -0.05) is 23.9 Å². The van der Waals surface area contributed by atoms with Crippen molar-refractivity contribution >= 4 is 44.8 Å². The van der Waals surface area contributed by atoms with E-state index >= 15 is 0 Å². The number of aromatic nitrogens is 2. The number of thiophene rings is 1. The number of anilines is 2. The molecule has 0 amide bonds. The van der Waals surface area contributed by atoms with Crippen LogP contribution in [0.2, 0.25) is 0 Å². The first-order valence-electron chi connectivity index (χ1n) is 7.92. The quantitative estimate of drug-likeness (QED) is 0.536. The van der Waals surface area contributed by atoms with Crippen LogP contribution in [0.5, 0.6) is 0 Å². The van der Waals surface area contributed by atoms with Gasteiger partial charge in [-0.3, -0.25) is 0 Å². The lowest BCUT2D eigenvalue weighted by atomic mass is 9.97. The van der Waals surface area contributed by atoms with Crippen molar-refractivity contribution in [2.24, 2.45) is 0 Å². The molecule has 0 fully saturated rings. The summed E-state index contributed by atoms with van der Waals surface area (Å²) in [5.74, 6) is 0.825. The van der Waals surface area contributed by atoms with Gasteiger partial charge in [0.15, 0.2) is 5.16 Å². The van der Waals surface area contributed by atoms with Gasteiger partial charge < -0.3 is 5.32 Å². The van der Waals surface area contributed by atoms with Crippen molar-refractivity contribution in [2.75, 3.05) is 11.6 Å². The smallest absolute Gasteiger partial charge is 0.190 e. The van der Waals surface area contributed by atoms with Crippen molar-refractivity contribution in [3.05, 3.63) is 40.3 Å². The predicted molar refractivity (Wildman–Crippen MR) is 100 cm³/mol. The van der Waals surface area contributed by atoms with Crippen molar-refractivity contribution in [2.45, 2.75) is 30.8 Å². The third kappa shape index (κ3) is 2.64. The second-order valence-electron chi connectivity index (χ2n) is 5.73. The van der Waals surface area contributed by atoms with Gasteiger partial charge in [0.05, 0.1) is 16.6 Å². The van der Waals surface area contributed by atoms with Crippen LogP contribution < -0.4 is 5.32 Å². The Kier molecular flexibility index (Phi) is 4.13. The van der Waals surface area contributed by atoms with E-state index in [0.29, 0.717) is 5.56 Å². The Labute approximate surface area is 148 Å². The Bertz CT molecular complexity index is 956. The van der Waals surface area contributed by atoms with Gasteiger partial charge in [-0.05, 0) is 49.6 Å². The molecule has 0 unspecified atom stereocenters. The van der Waals surface area contributed by atoms with E-state index in [4.69, 9.17) is 9.97 Å². The van der Waals surface area contributed by atoms with Gasteiger partial charge in [-0.15, -0.1) is 11.3 Å². The number of rotatable bonds is 3. The number of thioether (sulfide) groups is 1. The molecule has 0 spiro atoms. The topological polar surface area (TPSA) is 61.6 Å². The van der Waals surface area contributed by atoms with Crippen molar-refractivity contribution in [3.63, 3.8) is 0 Å². The van der Waals surface area contributed by atoms with E-state index < -0.39 is 0 Å². The van der Waals surface area contributed by atoms with Gasteiger partial charge in [0.1, 0.15) is 16.7 Å². The molecule has 0 radical (unpaired) electrons. The van der Waals surface area contributed by atoms with Crippen molar-refractivity contribution in [1.29, 1.82) is 5.26 Å². The Morgan fingerprint density at radius 1 is 1.21 bits per heavy atom. The molecule has 1 aromatic carbocycles. The highest BCUT2D eigenvalue weighted by atomic mass is 32.2.